The molecule has 17 heavy (non-hydrogen) atoms. The zero-order valence-corrected chi connectivity index (χ0v) is 11.0. The third-order valence-electron chi connectivity index (χ3n) is 4.26. The van der Waals surface area contributed by atoms with Gasteiger partial charge < -0.3 is 5.73 Å². The minimum absolute atomic E-state index is 0.217. The molecule has 0 radical (unpaired) electrons. The number of rotatable bonds is 2. The summed E-state index contributed by atoms with van der Waals surface area (Å²) in [5.74, 6) is 1.45. The van der Waals surface area contributed by atoms with Crippen molar-refractivity contribution < 1.29 is 0 Å². The largest absolute Gasteiger partial charge is 0.324 e. The Morgan fingerprint density at radius 1 is 1.29 bits per heavy atom. The summed E-state index contributed by atoms with van der Waals surface area (Å²) in [7, 11) is 0. The lowest BCUT2D eigenvalue weighted by molar-refractivity contribution is 0.352. The maximum absolute atomic E-state index is 6.52. The first-order chi connectivity index (χ1) is 8.27. The lowest BCUT2D eigenvalue weighted by atomic mass is 9.86. The van der Waals surface area contributed by atoms with Gasteiger partial charge in [0.1, 0.15) is 0 Å². The van der Waals surface area contributed by atoms with Gasteiger partial charge in [0.25, 0.3) is 0 Å². The van der Waals surface area contributed by atoms with E-state index >= 15 is 0 Å². The fourth-order valence-electron chi connectivity index (χ4n) is 3.22. The molecule has 0 bridgehead atoms. The smallest absolute Gasteiger partial charge is 0.0390 e. The molecular formula is C15H19NS. The van der Waals surface area contributed by atoms with Gasteiger partial charge in [-0.05, 0) is 40.7 Å². The van der Waals surface area contributed by atoms with Crippen LogP contribution in [0.3, 0.4) is 0 Å². The molecule has 1 aromatic heterocycles. The number of nitrogens with two attached hydrogens (primary N) is 1. The normalized spacial score (nSPS) is 26.5. The van der Waals surface area contributed by atoms with Crippen LogP contribution in [0.5, 0.6) is 0 Å². The molecule has 2 heteroatoms. The van der Waals surface area contributed by atoms with Crippen LogP contribution in [0.25, 0.3) is 10.1 Å². The molecular weight excluding hydrogens is 226 g/mol. The minimum Gasteiger partial charge on any atom is -0.324 e. The molecule has 0 amide bonds. The SMILES string of the molecule is CC1CCCC1C(N)c1cccc2ccsc12. The highest BCUT2D eigenvalue weighted by molar-refractivity contribution is 7.17. The summed E-state index contributed by atoms with van der Waals surface area (Å²) in [5, 5.41) is 3.51. The summed E-state index contributed by atoms with van der Waals surface area (Å²) in [6.07, 6.45) is 3.99. The van der Waals surface area contributed by atoms with E-state index in [1.807, 2.05) is 11.3 Å². The van der Waals surface area contributed by atoms with Crippen molar-refractivity contribution in [3.63, 3.8) is 0 Å². The van der Waals surface area contributed by atoms with E-state index in [1.165, 1.54) is 34.9 Å². The second-order valence-electron chi connectivity index (χ2n) is 5.28. The minimum atomic E-state index is 0.217. The summed E-state index contributed by atoms with van der Waals surface area (Å²) < 4.78 is 1.39. The van der Waals surface area contributed by atoms with E-state index in [0.29, 0.717) is 5.92 Å². The van der Waals surface area contributed by atoms with Crippen LogP contribution in [-0.4, -0.2) is 0 Å². The van der Waals surface area contributed by atoms with Crippen LogP contribution in [0.1, 0.15) is 37.8 Å². The molecule has 90 valence electrons. The predicted molar refractivity (Wildman–Crippen MR) is 75.3 cm³/mol. The van der Waals surface area contributed by atoms with Gasteiger partial charge in [-0.2, -0.15) is 0 Å². The second kappa shape index (κ2) is 4.43. The van der Waals surface area contributed by atoms with Gasteiger partial charge in [0.15, 0.2) is 0 Å². The van der Waals surface area contributed by atoms with Crippen molar-refractivity contribution in [1.82, 2.24) is 0 Å². The topological polar surface area (TPSA) is 26.0 Å². The lowest BCUT2D eigenvalue weighted by Gasteiger charge is -2.24. The first-order valence-electron chi connectivity index (χ1n) is 6.49. The zero-order chi connectivity index (χ0) is 11.8. The van der Waals surface area contributed by atoms with Gasteiger partial charge in [0.05, 0.1) is 0 Å². The molecule has 3 unspecified atom stereocenters. The van der Waals surface area contributed by atoms with Crippen molar-refractivity contribution >= 4 is 21.4 Å². The predicted octanol–water partition coefficient (Wildman–Crippen LogP) is 4.34. The van der Waals surface area contributed by atoms with Gasteiger partial charge in [0, 0.05) is 10.7 Å². The molecule has 1 heterocycles. The van der Waals surface area contributed by atoms with Gasteiger partial charge in [0.2, 0.25) is 0 Å². The van der Waals surface area contributed by atoms with E-state index in [9.17, 15) is 0 Å². The molecule has 1 fully saturated rings. The third kappa shape index (κ3) is 1.90. The fraction of sp³-hybridized carbons (Fsp3) is 0.467. The average Bonchev–Trinajstić information content (AvgIpc) is 2.95. The monoisotopic (exact) mass is 245 g/mol. The van der Waals surface area contributed by atoms with Crippen molar-refractivity contribution in [2.75, 3.05) is 0 Å². The molecule has 0 saturated heterocycles. The Bertz CT molecular complexity index is 516. The Morgan fingerprint density at radius 2 is 2.18 bits per heavy atom. The number of thiophene rings is 1. The molecule has 3 atom stereocenters. The highest BCUT2D eigenvalue weighted by Crippen LogP contribution is 2.41. The quantitative estimate of drug-likeness (QED) is 0.837. The van der Waals surface area contributed by atoms with Crippen molar-refractivity contribution in [2.24, 2.45) is 17.6 Å². The molecule has 1 saturated carbocycles. The molecule has 1 aliphatic carbocycles. The second-order valence-corrected chi connectivity index (χ2v) is 6.20. The van der Waals surface area contributed by atoms with Crippen LogP contribution in [0, 0.1) is 11.8 Å². The Labute approximate surface area is 107 Å². The number of fused-ring (bicyclic) bond motifs is 1. The summed E-state index contributed by atoms with van der Waals surface area (Å²) in [6, 6.07) is 8.95. The molecule has 0 spiro atoms. The molecule has 3 rings (SSSR count). The average molecular weight is 245 g/mol. The standard InChI is InChI=1S/C15H19NS/c1-10-4-2-6-12(10)14(16)13-7-3-5-11-8-9-17-15(11)13/h3,5,7-10,12,14H,2,4,6,16H2,1H3. The van der Waals surface area contributed by atoms with Gasteiger partial charge in [-0.3, -0.25) is 0 Å². The van der Waals surface area contributed by atoms with Crippen LogP contribution in [0.4, 0.5) is 0 Å². The summed E-state index contributed by atoms with van der Waals surface area (Å²) >= 11 is 1.82. The Balaban J connectivity index is 2.00. The van der Waals surface area contributed by atoms with Crippen LogP contribution < -0.4 is 5.73 Å². The third-order valence-corrected chi connectivity index (χ3v) is 5.24. The Kier molecular flexibility index (Phi) is 2.93. The van der Waals surface area contributed by atoms with Crippen molar-refractivity contribution in [2.45, 2.75) is 32.2 Å². The first-order valence-corrected chi connectivity index (χ1v) is 7.37. The Hall–Kier alpha value is -0.860. The van der Waals surface area contributed by atoms with Crippen molar-refractivity contribution in [3.8, 4) is 0 Å². The van der Waals surface area contributed by atoms with Crippen molar-refractivity contribution in [3.05, 3.63) is 35.2 Å². The summed E-state index contributed by atoms with van der Waals surface area (Å²) in [4.78, 5) is 0. The molecule has 2 N–H and O–H groups in total. The van der Waals surface area contributed by atoms with Gasteiger partial charge in [-0.1, -0.05) is 38.0 Å². The van der Waals surface area contributed by atoms with E-state index in [0.717, 1.165) is 5.92 Å². The van der Waals surface area contributed by atoms with Crippen LogP contribution in [0.2, 0.25) is 0 Å². The summed E-state index contributed by atoms with van der Waals surface area (Å²) in [6.45, 7) is 2.35. The maximum Gasteiger partial charge on any atom is 0.0390 e. The van der Waals surface area contributed by atoms with Crippen LogP contribution in [0.15, 0.2) is 29.6 Å². The molecule has 0 aliphatic heterocycles. The van der Waals surface area contributed by atoms with Crippen LogP contribution in [-0.2, 0) is 0 Å². The maximum atomic E-state index is 6.52. The molecule has 2 aromatic rings. The number of hydrogen-bond acceptors (Lipinski definition) is 2. The van der Waals surface area contributed by atoms with Gasteiger partial charge >= 0.3 is 0 Å². The number of benzene rings is 1. The summed E-state index contributed by atoms with van der Waals surface area (Å²) in [5.41, 5.74) is 7.88. The molecule has 1 aromatic carbocycles. The fourth-order valence-corrected chi connectivity index (χ4v) is 4.18. The van der Waals surface area contributed by atoms with E-state index in [1.54, 1.807) is 0 Å². The van der Waals surface area contributed by atoms with Crippen molar-refractivity contribution in [1.29, 1.82) is 0 Å². The molecule has 1 aliphatic rings. The lowest BCUT2D eigenvalue weighted by Crippen LogP contribution is -2.23. The van der Waals surface area contributed by atoms with Gasteiger partial charge in [-0.15, -0.1) is 11.3 Å². The first kappa shape index (κ1) is 11.2. The van der Waals surface area contributed by atoms with Gasteiger partial charge in [-0.25, -0.2) is 0 Å². The van der Waals surface area contributed by atoms with Crippen LogP contribution >= 0.6 is 11.3 Å². The van der Waals surface area contributed by atoms with E-state index in [-0.39, 0.29) is 6.04 Å². The van der Waals surface area contributed by atoms with E-state index in [4.69, 9.17) is 5.73 Å². The number of hydrogen-bond donors (Lipinski definition) is 1. The highest BCUT2D eigenvalue weighted by atomic mass is 32.1. The zero-order valence-electron chi connectivity index (χ0n) is 10.2. The Morgan fingerprint density at radius 3 is 2.94 bits per heavy atom. The van der Waals surface area contributed by atoms with E-state index < -0.39 is 0 Å². The molecule has 1 nitrogen and oxygen atoms in total. The highest BCUT2D eigenvalue weighted by Gasteiger charge is 2.30. The van der Waals surface area contributed by atoms with E-state index in [2.05, 4.69) is 36.6 Å².